The molecule has 5 N–H and O–H groups in total. The molecule has 15 heteroatoms. The summed E-state index contributed by atoms with van der Waals surface area (Å²) in [5, 5.41) is 45.3. The maximum absolute atomic E-state index is 11.3. The van der Waals surface area contributed by atoms with Gasteiger partial charge in [-0.1, -0.05) is 0 Å². The molecule has 0 amide bonds. The number of aliphatic carboxylic acids is 5. The van der Waals surface area contributed by atoms with Gasteiger partial charge in [-0.2, -0.15) is 0 Å². The van der Waals surface area contributed by atoms with Crippen molar-refractivity contribution in [1.29, 1.82) is 0 Å². The molecule has 15 nitrogen and oxygen atoms in total. The second-order valence-electron chi connectivity index (χ2n) is 8.35. The Balaban J connectivity index is 2.82. The van der Waals surface area contributed by atoms with E-state index in [0.717, 1.165) is 0 Å². The molecule has 1 fully saturated rings. The normalized spacial score (nSPS) is 16.5. The number of nitrogens with zero attached hydrogens (tertiary/aromatic N) is 5. The molecule has 1 aliphatic rings. The van der Waals surface area contributed by atoms with Crippen molar-refractivity contribution in [3.63, 3.8) is 0 Å². The van der Waals surface area contributed by atoms with Crippen LogP contribution in [0.15, 0.2) is 0 Å². The molecule has 0 saturated carbocycles. The number of hydrogen-bond acceptors (Lipinski definition) is 10. The average Bonchev–Trinajstić information content (AvgIpc) is 2.79. The molecule has 1 heterocycles. The van der Waals surface area contributed by atoms with Crippen molar-refractivity contribution < 1.29 is 49.5 Å². The summed E-state index contributed by atoms with van der Waals surface area (Å²) in [7, 11) is 0. The monoisotopic (exact) mass is 505 g/mol. The van der Waals surface area contributed by atoms with Gasteiger partial charge in [0.2, 0.25) is 0 Å². The second kappa shape index (κ2) is 15.9. The largest absolute Gasteiger partial charge is 0.480 e. The van der Waals surface area contributed by atoms with Crippen molar-refractivity contribution in [1.82, 2.24) is 24.5 Å². The molecule has 0 radical (unpaired) electrons. The smallest absolute Gasteiger partial charge is 0.317 e. The summed E-state index contributed by atoms with van der Waals surface area (Å²) >= 11 is 0. The van der Waals surface area contributed by atoms with Gasteiger partial charge in [-0.3, -0.25) is 48.5 Å². The lowest BCUT2D eigenvalue weighted by Crippen LogP contribution is -2.44. The standard InChI is InChI=1S/C20H35N5O10/c26-16(27)11-23-7-3-21(5-9-24(12-17(28)29)13-18(30)31)1-2-22(4-8-23)6-10-25(14-19(32)33)15-20(34)35/h1-15H2,(H,26,27)(H,28,29)(H,30,31)(H,32,33)(H,34,35). The van der Waals surface area contributed by atoms with E-state index in [1.807, 2.05) is 9.80 Å². The number of carbonyl (C=O) groups is 5. The topological polar surface area (TPSA) is 203 Å². The van der Waals surface area contributed by atoms with Crippen molar-refractivity contribution >= 4 is 29.8 Å². The Morgan fingerprint density at radius 3 is 1.03 bits per heavy atom. The molecule has 0 unspecified atom stereocenters. The summed E-state index contributed by atoms with van der Waals surface area (Å²) in [6, 6.07) is 0. The molecule has 1 aliphatic heterocycles. The Morgan fingerprint density at radius 1 is 0.486 bits per heavy atom. The second-order valence-corrected chi connectivity index (χ2v) is 8.35. The van der Waals surface area contributed by atoms with Crippen molar-refractivity contribution in [2.24, 2.45) is 0 Å². The Morgan fingerprint density at radius 2 is 0.771 bits per heavy atom. The van der Waals surface area contributed by atoms with Crippen LogP contribution < -0.4 is 0 Å². The maximum atomic E-state index is 11.3. The fraction of sp³-hybridized carbons (Fsp3) is 0.750. The first-order chi connectivity index (χ1) is 16.4. The highest BCUT2D eigenvalue weighted by Gasteiger charge is 2.21. The highest BCUT2D eigenvalue weighted by atomic mass is 16.4. The third kappa shape index (κ3) is 14.9. The van der Waals surface area contributed by atoms with E-state index < -0.39 is 56.0 Å². The van der Waals surface area contributed by atoms with Gasteiger partial charge < -0.3 is 25.5 Å². The summed E-state index contributed by atoms with van der Waals surface area (Å²) in [6.07, 6.45) is 0. The number of carboxylic acid groups (broad SMARTS) is 5. The third-order valence-electron chi connectivity index (χ3n) is 5.46. The first-order valence-electron chi connectivity index (χ1n) is 11.1. The zero-order valence-electron chi connectivity index (χ0n) is 19.6. The summed E-state index contributed by atoms with van der Waals surface area (Å²) in [5.74, 6) is -5.53. The van der Waals surface area contributed by atoms with Gasteiger partial charge >= 0.3 is 29.8 Å². The van der Waals surface area contributed by atoms with Gasteiger partial charge in [0.05, 0.1) is 32.7 Å². The van der Waals surface area contributed by atoms with Crippen molar-refractivity contribution in [3.8, 4) is 0 Å². The molecule has 35 heavy (non-hydrogen) atoms. The van der Waals surface area contributed by atoms with Gasteiger partial charge in [0, 0.05) is 65.4 Å². The molecular formula is C20H35N5O10. The summed E-state index contributed by atoms with van der Waals surface area (Å²) in [5.41, 5.74) is 0. The molecular weight excluding hydrogens is 470 g/mol. The van der Waals surface area contributed by atoms with Crippen molar-refractivity contribution in [2.45, 2.75) is 0 Å². The summed E-state index contributed by atoms with van der Waals surface area (Å²) in [4.78, 5) is 63.8. The van der Waals surface area contributed by atoms with Crippen LogP contribution in [0.3, 0.4) is 0 Å². The molecule has 0 bridgehead atoms. The predicted molar refractivity (Wildman–Crippen MR) is 120 cm³/mol. The SMILES string of the molecule is O=C(O)CN1CCN(CCN(CC(=O)O)CC(=O)O)CCN(CCN(CC(=O)O)CC(=O)O)CC1. The first kappa shape index (κ1) is 30.2. The van der Waals surface area contributed by atoms with E-state index in [-0.39, 0.29) is 19.6 Å². The highest BCUT2D eigenvalue weighted by molar-refractivity contribution is 5.73. The van der Waals surface area contributed by atoms with E-state index in [1.54, 1.807) is 4.90 Å². The van der Waals surface area contributed by atoms with Crippen LogP contribution in [0.5, 0.6) is 0 Å². The zero-order chi connectivity index (χ0) is 26.4. The lowest BCUT2D eigenvalue weighted by molar-refractivity contribution is -0.143. The fourth-order valence-electron chi connectivity index (χ4n) is 3.74. The summed E-state index contributed by atoms with van der Waals surface area (Å²) in [6.45, 7) is 2.27. The van der Waals surface area contributed by atoms with Crippen LogP contribution in [-0.4, -0.2) is 178 Å². The maximum Gasteiger partial charge on any atom is 0.317 e. The Labute approximate surface area is 202 Å². The third-order valence-corrected chi connectivity index (χ3v) is 5.46. The number of hydrogen-bond donors (Lipinski definition) is 5. The van der Waals surface area contributed by atoms with Crippen molar-refractivity contribution in [2.75, 3.05) is 98.2 Å². The van der Waals surface area contributed by atoms with E-state index in [9.17, 15) is 29.1 Å². The molecule has 200 valence electrons. The van der Waals surface area contributed by atoms with Gasteiger partial charge in [-0.05, 0) is 0 Å². The van der Waals surface area contributed by atoms with Crippen LogP contribution in [0.2, 0.25) is 0 Å². The minimum absolute atomic E-state index is 0.171. The predicted octanol–water partition coefficient (Wildman–Crippen LogP) is -3.07. The van der Waals surface area contributed by atoms with Gasteiger partial charge in [0.15, 0.2) is 0 Å². The van der Waals surface area contributed by atoms with Crippen LogP contribution >= 0.6 is 0 Å². The number of rotatable bonds is 16. The molecule has 0 atom stereocenters. The van der Waals surface area contributed by atoms with E-state index in [0.29, 0.717) is 52.4 Å². The molecule has 0 aromatic heterocycles. The molecule has 1 rings (SSSR count). The van der Waals surface area contributed by atoms with E-state index in [2.05, 4.69) is 0 Å². The molecule has 0 aliphatic carbocycles. The Hall–Kier alpha value is -2.85. The Bertz CT molecular complexity index is 653. The van der Waals surface area contributed by atoms with E-state index in [4.69, 9.17) is 20.4 Å². The van der Waals surface area contributed by atoms with E-state index >= 15 is 0 Å². The number of carboxylic acids is 5. The van der Waals surface area contributed by atoms with Gasteiger partial charge in [0.1, 0.15) is 0 Å². The quantitative estimate of drug-likeness (QED) is 0.141. The molecule has 0 spiro atoms. The van der Waals surface area contributed by atoms with E-state index in [1.165, 1.54) is 9.80 Å². The van der Waals surface area contributed by atoms with Gasteiger partial charge in [0.25, 0.3) is 0 Å². The van der Waals surface area contributed by atoms with Crippen LogP contribution in [0.25, 0.3) is 0 Å². The van der Waals surface area contributed by atoms with Gasteiger partial charge in [-0.15, -0.1) is 0 Å². The van der Waals surface area contributed by atoms with Crippen LogP contribution in [-0.2, 0) is 24.0 Å². The van der Waals surface area contributed by atoms with Gasteiger partial charge in [-0.25, -0.2) is 0 Å². The van der Waals surface area contributed by atoms with Crippen LogP contribution in [0.1, 0.15) is 0 Å². The van der Waals surface area contributed by atoms with Crippen LogP contribution in [0.4, 0.5) is 0 Å². The fourth-order valence-corrected chi connectivity index (χ4v) is 3.74. The molecule has 0 aromatic rings. The summed E-state index contributed by atoms with van der Waals surface area (Å²) < 4.78 is 0. The lowest BCUT2D eigenvalue weighted by Gasteiger charge is -2.29. The first-order valence-corrected chi connectivity index (χ1v) is 11.1. The molecule has 1 saturated heterocycles. The minimum Gasteiger partial charge on any atom is -0.480 e. The Kier molecular flexibility index (Phi) is 13.7. The average molecular weight is 506 g/mol. The lowest BCUT2D eigenvalue weighted by atomic mass is 10.3. The zero-order valence-corrected chi connectivity index (χ0v) is 19.6. The van der Waals surface area contributed by atoms with Crippen molar-refractivity contribution in [3.05, 3.63) is 0 Å². The molecule has 0 aromatic carbocycles. The minimum atomic E-state index is -1.14. The highest BCUT2D eigenvalue weighted by Crippen LogP contribution is 2.03. The van der Waals surface area contributed by atoms with Crippen LogP contribution in [0, 0.1) is 0 Å².